The molecule has 0 amide bonds. The van der Waals surface area contributed by atoms with Gasteiger partial charge in [-0.3, -0.25) is 4.79 Å². The van der Waals surface area contributed by atoms with Gasteiger partial charge in [-0.2, -0.15) is 0 Å². The van der Waals surface area contributed by atoms with E-state index in [9.17, 15) is 4.79 Å². The van der Waals surface area contributed by atoms with Gasteiger partial charge in [0.1, 0.15) is 5.82 Å². The molecule has 0 unspecified atom stereocenters. The number of nitrogens with zero attached hydrogens (tertiary/aromatic N) is 1. The SMILES string of the molecule is CNc1nc(C)ccc1C=O. The van der Waals surface area contributed by atoms with Gasteiger partial charge in [0.15, 0.2) is 6.29 Å². The Kier molecular flexibility index (Phi) is 2.21. The maximum absolute atomic E-state index is 10.4. The number of carbonyl (C=O) groups excluding carboxylic acids is 1. The smallest absolute Gasteiger partial charge is 0.153 e. The van der Waals surface area contributed by atoms with E-state index in [1.807, 2.05) is 13.0 Å². The number of rotatable bonds is 2. The highest BCUT2D eigenvalue weighted by Gasteiger charge is 1.99. The Labute approximate surface area is 65.5 Å². The normalized spacial score (nSPS) is 9.27. The molecule has 0 bridgehead atoms. The third kappa shape index (κ3) is 1.55. The molecule has 1 aromatic rings. The van der Waals surface area contributed by atoms with Crippen molar-refractivity contribution in [3.63, 3.8) is 0 Å². The number of aryl methyl sites for hydroxylation is 1. The highest BCUT2D eigenvalue weighted by Crippen LogP contribution is 2.09. The first-order valence-corrected chi connectivity index (χ1v) is 3.38. The second-order valence-corrected chi connectivity index (χ2v) is 2.26. The fourth-order valence-electron chi connectivity index (χ4n) is 0.863. The van der Waals surface area contributed by atoms with E-state index in [0.717, 1.165) is 12.0 Å². The Morgan fingerprint density at radius 1 is 1.55 bits per heavy atom. The summed E-state index contributed by atoms with van der Waals surface area (Å²) in [7, 11) is 1.74. The Bertz CT molecular complexity index is 271. The average Bonchev–Trinajstić information content (AvgIpc) is 2.04. The van der Waals surface area contributed by atoms with Crippen LogP contribution in [0.5, 0.6) is 0 Å². The van der Waals surface area contributed by atoms with Gasteiger partial charge in [0.05, 0.1) is 5.56 Å². The Morgan fingerprint density at radius 3 is 2.82 bits per heavy atom. The summed E-state index contributed by atoms with van der Waals surface area (Å²) in [6.45, 7) is 1.88. The summed E-state index contributed by atoms with van der Waals surface area (Å²) < 4.78 is 0. The topological polar surface area (TPSA) is 42.0 Å². The van der Waals surface area contributed by atoms with Crippen LogP contribution in [0.25, 0.3) is 0 Å². The van der Waals surface area contributed by atoms with Crippen LogP contribution in [-0.2, 0) is 0 Å². The molecular weight excluding hydrogens is 140 g/mol. The number of aromatic nitrogens is 1. The van der Waals surface area contributed by atoms with Crippen LogP contribution in [0.2, 0.25) is 0 Å². The Hall–Kier alpha value is -1.38. The third-order valence-corrected chi connectivity index (χ3v) is 1.43. The standard InChI is InChI=1S/C8H10N2O/c1-6-3-4-7(5-11)8(9-2)10-6/h3-5H,1-2H3,(H,9,10). The van der Waals surface area contributed by atoms with Gasteiger partial charge in [0.25, 0.3) is 0 Å². The molecule has 1 rings (SSSR count). The van der Waals surface area contributed by atoms with Gasteiger partial charge in [-0.25, -0.2) is 4.98 Å². The van der Waals surface area contributed by atoms with Crippen LogP contribution in [0.15, 0.2) is 12.1 Å². The van der Waals surface area contributed by atoms with Crippen LogP contribution in [0.1, 0.15) is 16.1 Å². The molecule has 0 saturated heterocycles. The molecule has 0 atom stereocenters. The van der Waals surface area contributed by atoms with Crippen molar-refractivity contribution in [2.24, 2.45) is 0 Å². The van der Waals surface area contributed by atoms with E-state index in [1.54, 1.807) is 13.1 Å². The summed E-state index contributed by atoms with van der Waals surface area (Å²) in [4.78, 5) is 14.5. The van der Waals surface area contributed by atoms with Gasteiger partial charge < -0.3 is 5.32 Å². The molecule has 0 aliphatic rings. The summed E-state index contributed by atoms with van der Waals surface area (Å²) in [5, 5.41) is 2.84. The van der Waals surface area contributed by atoms with Gasteiger partial charge in [-0.1, -0.05) is 0 Å². The molecule has 0 saturated carbocycles. The predicted molar refractivity (Wildman–Crippen MR) is 43.9 cm³/mol. The number of carbonyl (C=O) groups is 1. The molecule has 3 nitrogen and oxygen atoms in total. The van der Waals surface area contributed by atoms with Crippen LogP contribution < -0.4 is 5.32 Å². The van der Waals surface area contributed by atoms with Gasteiger partial charge in [-0.15, -0.1) is 0 Å². The van der Waals surface area contributed by atoms with Crippen molar-refractivity contribution < 1.29 is 4.79 Å². The van der Waals surface area contributed by atoms with Crippen LogP contribution in [0, 0.1) is 6.92 Å². The van der Waals surface area contributed by atoms with E-state index < -0.39 is 0 Å². The summed E-state index contributed by atoms with van der Waals surface area (Å²) in [6.07, 6.45) is 0.790. The minimum atomic E-state index is 0.595. The third-order valence-electron chi connectivity index (χ3n) is 1.43. The molecule has 1 heterocycles. The number of nitrogens with one attached hydrogen (secondary N) is 1. The first-order valence-electron chi connectivity index (χ1n) is 3.38. The zero-order chi connectivity index (χ0) is 8.27. The van der Waals surface area contributed by atoms with Gasteiger partial charge in [0.2, 0.25) is 0 Å². The molecule has 11 heavy (non-hydrogen) atoms. The largest absolute Gasteiger partial charge is 0.373 e. The van der Waals surface area contributed by atoms with Crippen molar-refractivity contribution in [2.45, 2.75) is 6.92 Å². The lowest BCUT2D eigenvalue weighted by Gasteiger charge is -2.02. The molecule has 1 N–H and O–H groups in total. The number of anilines is 1. The average molecular weight is 150 g/mol. The molecule has 0 fully saturated rings. The second-order valence-electron chi connectivity index (χ2n) is 2.26. The zero-order valence-corrected chi connectivity index (χ0v) is 6.59. The monoisotopic (exact) mass is 150 g/mol. The first-order chi connectivity index (χ1) is 5.27. The lowest BCUT2D eigenvalue weighted by Crippen LogP contribution is -1.98. The summed E-state index contributed by atoms with van der Waals surface area (Å²) in [5.74, 6) is 0.639. The summed E-state index contributed by atoms with van der Waals surface area (Å²) >= 11 is 0. The van der Waals surface area contributed by atoms with Crippen LogP contribution in [0.3, 0.4) is 0 Å². The van der Waals surface area contributed by atoms with E-state index in [2.05, 4.69) is 10.3 Å². The van der Waals surface area contributed by atoms with Gasteiger partial charge >= 0.3 is 0 Å². The Balaban J connectivity index is 3.16. The fourth-order valence-corrected chi connectivity index (χ4v) is 0.863. The maximum atomic E-state index is 10.4. The number of aldehydes is 1. The van der Waals surface area contributed by atoms with Crippen molar-refractivity contribution in [1.29, 1.82) is 0 Å². The number of hydrogen-bond donors (Lipinski definition) is 1. The van der Waals surface area contributed by atoms with E-state index >= 15 is 0 Å². The Morgan fingerprint density at radius 2 is 2.27 bits per heavy atom. The summed E-state index contributed by atoms with van der Waals surface area (Å²) in [5.41, 5.74) is 1.50. The first kappa shape index (κ1) is 7.72. The molecule has 0 aliphatic heterocycles. The minimum absolute atomic E-state index is 0.595. The van der Waals surface area contributed by atoms with Crippen molar-refractivity contribution in [2.75, 3.05) is 12.4 Å². The van der Waals surface area contributed by atoms with Crippen molar-refractivity contribution in [3.05, 3.63) is 23.4 Å². The van der Waals surface area contributed by atoms with Gasteiger partial charge in [0, 0.05) is 12.7 Å². The number of pyridine rings is 1. The lowest BCUT2D eigenvalue weighted by atomic mass is 10.2. The van der Waals surface area contributed by atoms with Crippen molar-refractivity contribution in [1.82, 2.24) is 4.98 Å². The number of hydrogen-bond acceptors (Lipinski definition) is 3. The van der Waals surface area contributed by atoms with Crippen LogP contribution >= 0.6 is 0 Å². The van der Waals surface area contributed by atoms with Crippen LogP contribution in [-0.4, -0.2) is 18.3 Å². The molecule has 1 aromatic heterocycles. The molecule has 0 aromatic carbocycles. The molecular formula is C8H10N2O. The van der Waals surface area contributed by atoms with Gasteiger partial charge in [-0.05, 0) is 19.1 Å². The predicted octanol–water partition coefficient (Wildman–Crippen LogP) is 1.24. The van der Waals surface area contributed by atoms with E-state index in [1.165, 1.54) is 0 Å². The minimum Gasteiger partial charge on any atom is -0.373 e. The van der Waals surface area contributed by atoms with E-state index in [0.29, 0.717) is 11.4 Å². The van der Waals surface area contributed by atoms with Crippen molar-refractivity contribution >= 4 is 12.1 Å². The molecule has 0 radical (unpaired) electrons. The molecule has 3 heteroatoms. The fraction of sp³-hybridized carbons (Fsp3) is 0.250. The zero-order valence-electron chi connectivity index (χ0n) is 6.59. The highest BCUT2D eigenvalue weighted by atomic mass is 16.1. The summed E-state index contributed by atoms with van der Waals surface area (Å²) in [6, 6.07) is 3.56. The quantitative estimate of drug-likeness (QED) is 0.645. The maximum Gasteiger partial charge on any atom is 0.153 e. The van der Waals surface area contributed by atoms with Crippen molar-refractivity contribution in [3.8, 4) is 0 Å². The lowest BCUT2D eigenvalue weighted by molar-refractivity contribution is 0.112. The van der Waals surface area contributed by atoms with E-state index in [-0.39, 0.29) is 0 Å². The molecule has 0 spiro atoms. The second kappa shape index (κ2) is 3.14. The molecule has 0 aliphatic carbocycles. The van der Waals surface area contributed by atoms with Crippen LogP contribution in [0.4, 0.5) is 5.82 Å². The highest BCUT2D eigenvalue weighted by molar-refractivity contribution is 5.82. The van der Waals surface area contributed by atoms with E-state index in [4.69, 9.17) is 0 Å². The molecule has 58 valence electrons.